The van der Waals surface area contributed by atoms with Gasteiger partial charge in [0.05, 0.1) is 24.0 Å². The summed E-state index contributed by atoms with van der Waals surface area (Å²) in [7, 11) is 1.51. The molecule has 1 aromatic heterocycles. The highest BCUT2D eigenvalue weighted by molar-refractivity contribution is 6.01. The summed E-state index contributed by atoms with van der Waals surface area (Å²) in [5.74, 6) is -1.45. The molecule has 2 N–H and O–H groups in total. The average molecular weight is 423 g/mol. The number of aromatic nitrogens is 1. The SMILES string of the molecule is COc1cc(-c2ccc(F)cc2)nc2ccc(NC(=O)Nc3ccc(F)cc3F)cc12. The second-order valence-electron chi connectivity index (χ2n) is 6.65. The number of urea groups is 1. The maximum Gasteiger partial charge on any atom is 0.323 e. The summed E-state index contributed by atoms with van der Waals surface area (Å²) in [6.45, 7) is 0. The molecular formula is C23H16F3N3O2. The van der Waals surface area contributed by atoms with Crippen molar-refractivity contribution in [1.82, 2.24) is 4.98 Å². The van der Waals surface area contributed by atoms with Crippen LogP contribution in [0.4, 0.5) is 29.3 Å². The predicted molar refractivity (Wildman–Crippen MR) is 113 cm³/mol. The number of carbonyl (C=O) groups is 1. The van der Waals surface area contributed by atoms with E-state index in [1.807, 2.05) is 0 Å². The number of ether oxygens (including phenoxy) is 1. The van der Waals surface area contributed by atoms with Crippen molar-refractivity contribution in [1.29, 1.82) is 0 Å². The summed E-state index contributed by atoms with van der Waals surface area (Å²) in [4.78, 5) is 16.8. The van der Waals surface area contributed by atoms with E-state index in [4.69, 9.17) is 4.74 Å². The number of hydrogen-bond donors (Lipinski definition) is 2. The number of amides is 2. The third-order valence-electron chi connectivity index (χ3n) is 4.57. The van der Waals surface area contributed by atoms with Gasteiger partial charge in [-0.2, -0.15) is 0 Å². The topological polar surface area (TPSA) is 63.2 Å². The molecule has 1 heterocycles. The maximum absolute atomic E-state index is 13.7. The maximum atomic E-state index is 13.7. The Morgan fingerprint density at radius 1 is 0.871 bits per heavy atom. The van der Waals surface area contributed by atoms with Crippen LogP contribution in [0.15, 0.2) is 66.7 Å². The smallest absolute Gasteiger partial charge is 0.323 e. The van der Waals surface area contributed by atoms with Crippen molar-refractivity contribution in [2.75, 3.05) is 17.7 Å². The number of carbonyl (C=O) groups excluding carboxylic acids is 1. The minimum absolute atomic E-state index is 0.150. The van der Waals surface area contributed by atoms with Gasteiger partial charge in [0.25, 0.3) is 0 Å². The van der Waals surface area contributed by atoms with Crippen LogP contribution in [0.5, 0.6) is 5.75 Å². The highest BCUT2D eigenvalue weighted by Crippen LogP contribution is 2.32. The first-order chi connectivity index (χ1) is 14.9. The van der Waals surface area contributed by atoms with Crippen molar-refractivity contribution in [3.8, 4) is 17.0 Å². The summed E-state index contributed by atoms with van der Waals surface area (Å²) in [6, 6.07) is 14.8. The molecule has 0 fully saturated rings. The van der Waals surface area contributed by atoms with Gasteiger partial charge in [0, 0.05) is 28.8 Å². The molecule has 5 nitrogen and oxygen atoms in total. The number of rotatable bonds is 4. The first-order valence-electron chi connectivity index (χ1n) is 9.21. The van der Waals surface area contributed by atoms with E-state index < -0.39 is 17.7 Å². The Bertz CT molecular complexity index is 1280. The molecule has 31 heavy (non-hydrogen) atoms. The molecule has 0 saturated heterocycles. The van der Waals surface area contributed by atoms with Gasteiger partial charge in [0.2, 0.25) is 0 Å². The molecule has 8 heteroatoms. The van der Waals surface area contributed by atoms with Crippen molar-refractivity contribution in [2.45, 2.75) is 0 Å². The summed E-state index contributed by atoms with van der Waals surface area (Å²) in [5, 5.41) is 5.56. The van der Waals surface area contributed by atoms with Crippen LogP contribution in [0, 0.1) is 17.5 Å². The highest BCUT2D eigenvalue weighted by Gasteiger charge is 2.12. The number of hydrogen-bond acceptors (Lipinski definition) is 3. The monoisotopic (exact) mass is 423 g/mol. The summed E-state index contributed by atoms with van der Waals surface area (Å²) in [6.07, 6.45) is 0. The number of nitrogens with zero attached hydrogens (tertiary/aromatic N) is 1. The van der Waals surface area contributed by atoms with E-state index in [9.17, 15) is 18.0 Å². The van der Waals surface area contributed by atoms with E-state index >= 15 is 0 Å². The highest BCUT2D eigenvalue weighted by atomic mass is 19.1. The second kappa shape index (κ2) is 8.35. The number of benzene rings is 3. The second-order valence-corrected chi connectivity index (χ2v) is 6.65. The Morgan fingerprint density at radius 3 is 2.32 bits per heavy atom. The molecule has 156 valence electrons. The molecule has 0 atom stereocenters. The number of anilines is 2. The molecule has 0 saturated carbocycles. The quantitative estimate of drug-likeness (QED) is 0.425. The van der Waals surface area contributed by atoms with Crippen LogP contribution in [0.3, 0.4) is 0 Å². The molecule has 4 aromatic rings. The minimum Gasteiger partial charge on any atom is -0.496 e. The van der Waals surface area contributed by atoms with E-state index in [-0.39, 0.29) is 11.5 Å². The zero-order valence-corrected chi connectivity index (χ0v) is 16.2. The summed E-state index contributed by atoms with van der Waals surface area (Å²) in [5.41, 5.74) is 2.21. The lowest BCUT2D eigenvalue weighted by molar-refractivity contribution is 0.262. The molecule has 0 radical (unpaired) electrons. The van der Waals surface area contributed by atoms with E-state index in [2.05, 4.69) is 15.6 Å². The van der Waals surface area contributed by atoms with E-state index in [0.717, 1.165) is 17.7 Å². The fourth-order valence-electron chi connectivity index (χ4n) is 3.09. The van der Waals surface area contributed by atoms with Crippen molar-refractivity contribution in [2.24, 2.45) is 0 Å². The molecule has 0 aliphatic rings. The zero-order chi connectivity index (χ0) is 22.0. The van der Waals surface area contributed by atoms with Gasteiger partial charge in [0.15, 0.2) is 0 Å². The molecule has 0 aliphatic heterocycles. The number of nitrogens with one attached hydrogen (secondary N) is 2. The van der Waals surface area contributed by atoms with Gasteiger partial charge in [-0.05, 0) is 54.6 Å². The Labute approximate surface area is 175 Å². The molecule has 0 unspecified atom stereocenters. The van der Waals surface area contributed by atoms with Crippen LogP contribution >= 0.6 is 0 Å². The van der Waals surface area contributed by atoms with Crippen LogP contribution in [-0.2, 0) is 0 Å². The van der Waals surface area contributed by atoms with Crippen LogP contribution in [0.1, 0.15) is 0 Å². The van der Waals surface area contributed by atoms with Gasteiger partial charge < -0.3 is 15.4 Å². The third kappa shape index (κ3) is 4.42. The zero-order valence-electron chi connectivity index (χ0n) is 16.2. The van der Waals surface area contributed by atoms with Crippen LogP contribution in [0.25, 0.3) is 22.2 Å². The van der Waals surface area contributed by atoms with Crippen molar-refractivity contribution in [3.63, 3.8) is 0 Å². The predicted octanol–water partition coefficient (Wildman–Crippen LogP) is 5.97. The van der Waals surface area contributed by atoms with Gasteiger partial charge in [-0.1, -0.05) is 0 Å². The minimum atomic E-state index is -0.882. The van der Waals surface area contributed by atoms with Gasteiger partial charge in [-0.25, -0.2) is 22.9 Å². The lowest BCUT2D eigenvalue weighted by atomic mass is 10.1. The van der Waals surface area contributed by atoms with E-state index in [0.29, 0.717) is 34.1 Å². The number of fused-ring (bicyclic) bond motifs is 1. The Morgan fingerprint density at radius 2 is 1.61 bits per heavy atom. The largest absolute Gasteiger partial charge is 0.496 e. The molecule has 0 bridgehead atoms. The lowest BCUT2D eigenvalue weighted by Crippen LogP contribution is -2.20. The molecule has 0 aliphatic carbocycles. The van der Waals surface area contributed by atoms with Crippen molar-refractivity contribution < 1.29 is 22.7 Å². The summed E-state index contributed by atoms with van der Waals surface area (Å²) >= 11 is 0. The Hall–Kier alpha value is -4.07. The van der Waals surface area contributed by atoms with E-state index in [1.54, 1.807) is 36.4 Å². The molecule has 3 aromatic carbocycles. The third-order valence-corrected chi connectivity index (χ3v) is 4.57. The fourth-order valence-corrected chi connectivity index (χ4v) is 3.09. The Kier molecular flexibility index (Phi) is 5.44. The van der Waals surface area contributed by atoms with Crippen molar-refractivity contribution in [3.05, 3.63) is 84.2 Å². The normalized spacial score (nSPS) is 10.7. The van der Waals surface area contributed by atoms with Crippen LogP contribution in [-0.4, -0.2) is 18.1 Å². The first-order valence-corrected chi connectivity index (χ1v) is 9.21. The van der Waals surface area contributed by atoms with Gasteiger partial charge >= 0.3 is 6.03 Å². The van der Waals surface area contributed by atoms with Crippen molar-refractivity contribution >= 4 is 28.3 Å². The molecule has 2 amide bonds. The molecule has 4 rings (SSSR count). The summed E-state index contributed by atoms with van der Waals surface area (Å²) < 4.78 is 45.4. The fraction of sp³-hybridized carbons (Fsp3) is 0.0435. The number of methoxy groups -OCH3 is 1. The lowest BCUT2D eigenvalue weighted by Gasteiger charge is -2.12. The number of halogens is 3. The number of pyridine rings is 1. The standard InChI is InChI=1S/C23H16F3N3O2/c1-31-22-12-21(13-2-4-14(24)5-3-13)28-19-9-7-16(11-17(19)22)27-23(30)29-20-8-6-15(25)10-18(20)26/h2-12H,1H3,(H2,27,29,30). The van der Waals surface area contributed by atoms with Crippen LogP contribution in [0.2, 0.25) is 0 Å². The first kappa shape index (κ1) is 20.2. The van der Waals surface area contributed by atoms with Gasteiger partial charge in [-0.3, -0.25) is 0 Å². The van der Waals surface area contributed by atoms with Gasteiger partial charge in [0.1, 0.15) is 23.2 Å². The van der Waals surface area contributed by atoms with Gasteiger partial charge in [-0.15, -0.1) is 0 Å². The molecule has 0 spiro atoms. The van der Waals surface area contributed by atoms with Crippen LogP contribution < -0.4 is 15.4 Å². The van der Waals surface area contributed by atoms with E-state index in [1.165, 1.54) is 19.2 Å². The molecular weight excluding hydrogens is 407 g/mol. The average Bonchev–Trinajstić information content (AvgIpc) is 2.75. The Balaban J connectivity index is 1.60.